The molecule has 3 heterocycles. The number of aryl methyl sites for hydroxylation is 1. The Bertz CT molecular complexity index is 1320. The van der Waals surface area contributed by atoms with Crippen LogP contribution in [0.15, 0.2) is 54.5 Å². The minimum atomic E-state index is -4.91. The van der Waals surface area contributed by atoms with E-state index in [0.717, 1.165) is 41.1 Å². The first-order valence-electron chi connectivity index (χ1n) is 10.8. The van der Waals surface area contributed by atoms with E-state index < -0.39 is 23.4 Å². The number of rotatable bonds is 6. The van der Waals surface area contributed by atoms with E-state index in [2.05, 4.69) is 15.2 Å². The summed E-state index contributed by atoms with van der Waals surface area (Å²) in [5, 5.41) is 16.9. The zero-order chi connectivity index (χ0) is 25.2. The van der Waals surface area contributed by atoms with Crippen LogP contribution in [0.25, 0.3) is 16.8 Å². The number of halogens is 3. The summed E-state index contributed by atoms with van der Waals surface area (Å²) in [4.78, 5) is 19.2. The van der Waals surface area contributed by atoms with E-state index in [9.17, 15) is 18.0 Å². The molecular weight excluding hydrogens is 461 g/mol. The molecule has 0 saturated carbocycles. The van der Waals surface area contributed by atoms with Crippen LogP contribution in [0.1, 0.15) is 5.56 Å². The molecule has 3 N–H and O–H groups in total. The predicted octanol–water partition coefficient (Wildman–Crippen LogP) is 4.24. The summed E-state index contributed by atoms with van der Waals surface area (Å²) in [6.07, 6.45) is 1.41. The molecule has 1 aliphatic heterocycles. The lowest BCUT2D eigenvalue weighted by molar-refractivity contribution is -0.112. The number of hydrogen-bond donors (Lipinski definition) is 3. The Morgan fingerprint density at radius 3 is 2.66 bits per heavy atom. The van der Waals surface area contributed by atoms with Gasteiger partial charge in [-0.25, -0.2) is 4.98 Å². The van der Waals surface area contributed by atoms with E-state index in [1.54, 1.807) is 24.4 Å². The summed E-state index contributed by atoms with van der Waals surface area (Å²) in [6, 6.07) is 7.18. The summed E-state index contributed by atoms with van der Waals surface area (Å²) in [5.74, 6) is -0.914. The molecule has 0 aliphatic carbocycles. The predicted molar refractivity (Wildman–Crippen MR) is 128 cm³/mol. The standard InChI is InChI=1S/C24H23F3N6O2/c1-15-2-3-18(31-23(34)16(13-28)11-21(29)24(25,26)27)12-19(15)17-10-20(32-6-8-35-9-7-32)22-30-4-5-33(22)14-17/h2-5,10-14,28-29H,6-9H2,1H3,(H,31,34)/b16-11+,28-13?,29-21?. The Balaban J connectivity index is 1.67. The highest BCUT2D eigenvalue weighted by molar-refractivity contribution is 6.21. The third-order valence-corrected chi connectivity index (χ3v) is 5.65. The molecule has 4 rings (SSSR count). The molecule has 0 unspecified atom stereocenters. The third-order valence-electron chi connectivity index (χ3n) is 5.65. The van der Waals surface area contributed by atoms with Crippen molar-refractivity contribution in [3.05, 3.63) is 60.1 Å². The molecule has 0 bridgehead atoms. The molecule has 0 radical (unpaired) electrons. The Hall–Kier alpha value is -3.99. The van der Waals surface area contributed by atoms with Gasteiger partial charge in [0, 0.05) is 49.1 Å². The average molecular weight is 484 g/mol. The van der Waals surface area contributed by atoms with E-state index in [4.69, 9.17) is 15.6 Å². The maximum Gasteiger partial charge on any atom is 0.432 e. The molecule has 1 saturated heterocycles. The van der Waals surface area contributed by atoms with E-state index in [0.29, 0.717) is 31.2 Å². The summed E-state index contributed by atoms with van der Waals surface area (Å²) >= 11 is 0. The number of morpholine rings is 1. The largest absolute Gasteiger partial charge is 0.432 e. The highest BCUT2D eigenvalue weighted by atomic mass is 19.4. The molecule has 182 valence electrons. The second kappa shape index (κ2) is 9.71. The monoisotopic (exact) mass is 484 g/mol. The second-order valence-electron chi connectivity index (χ2n) is 8.01. The summed E-state index contributed by atoms with van der Waals surface area (Å²) in [7, 11) is 0. The molecule has 11 heteroatoms. The van der Waals surface area contributed by atoms with Crippen molar-refractivity contribution in [2.75, 3.05) is 36.5 Å². The van der Waals surface area contributed by atoms with Crippen molar-refractivity contribution in [3.8, 4) is 11.1 Å². The van der Waals surface area contributed by atoms with Gasteiger partial charge in [0.2, 0.25) is 0 Å². The van der Waals surface area contributed by atoms with Crippen LogP contribution in [0.5, 0.6) is 0 Å². The van der Waals surface area contributed by atoms with Gasteiger partial charge in [-0.15, -0.1) is 0 Å². The van der Waals surface area contributed by atoms with Crippen LogP contribution in [0.2, 0.25) is 0 Å². The third kappa shape index (κ3) is 5.24. The van der Waals surface area contributed by atoms with Crippen molar-refractivity contribution in [2.45, 2.75) is 13.1 Å². The Labute approximate surface area is 199 Å². The number of fused-ring (bicyclic) bond motifs is 1. The number of carbonyl (C=O) groups excluding carboxylic acids is 1. The summed E-state index contributed by atoms with van der Waals surface area (Å²) in [6.45, 7) is 4.61. The molecule has 1 fully saturated rings. The fourth-order valence-corrected chi connectivity index (χ4v) is 3.82. The highest BCUT2D eigenvalue weighted by Crippen LogP contribution is 2.32. The first kappa shape index (κ1) is 24.1. The number of anilines is 2. The van der Waals surface area contributed by atoms with E-state index in [1.165, 1.54) is 0 Å². The van der Waals surface area contributed by atoms with Crippen molar-refractivity contribution < 1.29 is 22.7 Å². The zero-order valence-corrected chi connectivity index (χ0v) is 18.8. The molecule has 3 aromatic rings. The molecule has 1 aromatic carbocycles. The van der Waals surface area contributed by atoms with Crippen molar-refractivity contribution in [2.24, 2.45) is 0 Å². The minimum Gasteiger partial charge on any atom is -0.378 e. The van der Waals surface area contributed by atoms with Gasteiger partial charge >= 0.3 is 6.18 Å². The van der Waals surface area contributed by atoms with E-state index in [1.807, 2.05) is 29.8 Å². The van der Waals surface area contributed by atoms with Gasteiger partial charge in [-0.3, -0.25) is 10.2 Å². The van der Waals surface area contributed by atoms with Crippen molar-refractivity contribution in [1.82, 2.24) is 9.38 Å². The Kier molecular flexibility index (Phi) is 6.70. The van der Waals surface area contributed by atoms with Gasteiger partial charge in [-0.05, 0) is 42.3 Å². The average Bonchev–Trinajstić information content (AvgIpc) is 3.31. The topological polar surface area (TPSA) is 107 Å². The van der Waals surface area contributed by atoms with Crippen LogP contribution >= 0.6 is 0 Å². The van der Waals surface area contributed by atoms with E-state index >= 15 is 0 Å². The lowest BCUT2D eigenvalue weighted by Gasteiger charge is -2.29. The summed E-state index contributed by atoms with van der Waals surface area (Å²) in [5.41, 5.74) is 2.43. The number of pyridine rings is 1. The van der Waals surface area contributed by atoms with Gasteiger partial charge in [0.1, 0.15) is 5.71 Å². The number of amides is 1. The molecule has 35 heavy (non-hydrogen) atoms. The number of nitrogens with one attached hydrogen (secondary N) is 3. The van der Waals surface area contributed by atoms with Crippen LogP contribution in [0.3, 0.4) is 0 Å². The number of ether oxygens (including phenoxy) is 1. The van der Waals surface area contributed by atoms with Crippen molar-refractivity contribution in [1.29, 1.82) is 10.8 Å². The maximum atomic E-state index is 12.7. The number of carbonyl (C=O) groups is 1. The van der Waals surface area contributed by atoms with Crippen LogP contribution in [0, 0.1) is 17.7 Å². The number of alkyl halides is 3. The molecule has 2 aromatic heterocycles. The van der Waals surface area contributed by atoms with Crippen LogP contribution < -0.4 is 10.2 Å². The fourth-order valence-electron chi connectivity index (χ4n) is 3.82. The number of benzene rings is 1. The molecule has 8 nitrogen and oxygen atoms in total. The van der Waals surface area contributed by atoms with E-state index in [-0.39, 0.29) is 0 Å². The highest BCUT2D eigenvalue weighted by Gasteiger charge is 2.33. The van der Waals surface area contributed by atoms with Crippen molar-refractivity contribution in [3.63, 3.8) is 0 Å². The summed E-state index contributed by atoms with van der Waals surface area (Å²) < 4.78 is 45.4. The molecular formula is C24H23F3N6O2. The van der Waals surface area contributed by atoms with Gasteiger partial charge < -0.3 is 24.8 Å². The lowest BCUT2D eigenvalue weighted by Crippen LogP contribution is -2.36. The number of nitrogens with zero attached hydrogens (tertiary/aromatic N) is 3. The smallest absolute Gasteiger partial charge is 0.378 e. The molecule has 0 atom stereocenters. The van der Waals surface area contributed by atoms with Crippen LogP contribution in [-0.2, 0) is 9.53 Å². The van der Waals surface area contributed by atoms with Gasteiger partial charge in [-0.1, -0.05) is 6.07 Å². The SMILES string of the molecule is Cc1ccc(NC(=O)/C(C=N)=C/C(=N)C(F)(F)F)cc1-c1cc(N2CCOCC2)c2nccn2c1. The van der Waals surface area contributed by atoms with Gasteiger partial charge in [0.15, 0.2) is 5.65 Å². The van der Waals surface area contributed by atoms with Gasteiger partial charge in [-0.2, -0.15) is 13.2 Å². The van der Waals surface area contributed by atoms with Crippen LogP contribution in [0.4, 0.5) is 24.5 Å². The quantitative estimate of drug-likeness (QED) is 0.359. The fraction of sp³-hybridized carbons (Fsp3) is 0.250. The molecule has 0 spiro atoms. The minimum absolute atomic E-state index is 0.332. The Morgan fingerprint density at radius 1 is 1.23 bits per heavy atom. The first-order chi connectivity index (χ1) is 16.7. The molecule has 1 aliphatic rings. The van der Waals surface area contributed by atoms with Crippen LogP contribution in [-0.4, -0.2) is 59.7 Å². The number of imidazole rings is 1. The van der Waals surface area contributed by atoms with Gasteiger partial charge in [0.25, 0.3) is 5.91 Å². The number of allylic oxidation sites excluding steroid dienone is 1. The first-order valence-corrected chi connectivity index (χ1v) is 10.8. The Morgan fingerprint density at radius 2 is 1.97 bits per heavy atom. The van der Waals surface area contributed by atoms with Crippen molar-refractivity contribution >= 4 is 34.9 Å². The zero-order valence-electron chi connectivity index (χ0n) is 18.8. The number of hydrogen-bond acceptors (Lipinski definition) is 6. The van der Waals surface area contributed by atoms with Gasteiger partial charge in [0.05, 0.1) is 24.5 Å². The maximum absolute atomic E-state index is 12.7. The second-order valence-corrected chi connectivity index (χ2v) is 8.01. The molecule has 1 amide bonds. The number of aromatic nitrogens is 2. The lowest BCUT2D eigenvalue weighted by atomic mass is 10.0. The normalized spacial score (nSPS) is 14.7.